The van der Waals surface area contributed by atoms with Gasteiger partial charge >= 0.3 is 0 Å². The highest BCUT2D eigenvalue weighted by Crippen LogP contribution is 2.37. The minimum atomic E-state index is -0.980. The number of rotatable bonds is 5. The van der Waals surface area contributed by atoms with Crippen LogP contribution in [0.3, 0.4) is 0 Å². The molecule has 1 amide bonds. The largest absolute Gasteiger partial charge is 0.383 e. The van der Waals surface area contributed by atoms with Gasteiger partial charge in [-0.1, -0.05) is 60.8 Å². The molecule has 0 saturated carbocycles. The number of hydrogen-bond acceptors (Lipinski definition) is 3. The van der Waals surface area contributed by atoms with Gasteiger partial charge in [-0.05, 0) is 48.2 Å². The number of carbonyl (C=O) groups is 1. The van der Waals surface area contributed by atoms with Crippen LogP contribution in [0.4, 0.5) is 5.69 Å². The van der Waals surface area contributed by atoms with Crippen LogP contribution in [0.1, 0.15) is 31.9 Å². The molecule has 3 rings (SSSR count). The third-order valence-corrected chi connectivity index (χ3v) is 5.94. The molecule has 0 aliphatic carbocycles. The van der Waals surface area contributed by atoms with Crippen molar-refractivity contribution >= 4 is 46.4 Å². The zero-order valence-electron chi connectivity index (χ0n) is 16.5. The van der Waals surface area contributed by atoms with Crippen LogP contribution in [0.15, 0.2) is 42.5 Å². The summed E-state index contributed by atoms with van der Waals surface area (Å²) in [5.74, 6) is 0.0229. The normalized spacial score (nSPS) is 18.2. The van der Waals surface area contributed by atoms with E-state index in [1.807, 2.05) is 50.2 Å². The van der Waals surface area contributed by atoms with Crippen molar-refractivity contribution in [1.29, 1.82) is 0 Å². The fourth-order valence-electron chi connectivity index (χ4n) is 3.71. The Bertz CT molecular complexity index is 858. The van der Waals surface area contributed by atoms with Crippen molar-refractivity contribution in [2.24, 2.45) is 5.92 Å². The monoisotopic (exact) mass is 454 g/mol. The van der Waals surface area contributed by atoms with Gasteiger partial charge in [-0.25, -0.2) is 0 Å². The molecule has 1 aliphatic heterocycles. The van der Waals surface area contributed by atoms with Crippen LogP contribution >= 0.6 is 34.8 Å². The maximum atomic E-state index is 12.8. The molecule has 2 aromatic rings. The summed E-state index contributed by atoms with van der Waals surface area (Å²) in [6.45, 7) is 5.54. The Kier molecular flexibility index (Phi) is 7.33. The summed E-state index contributed by atoms with van der Waals surface area (Å²) in [6, 6.07) is 12.9. The lowest BCUT2D eigenvalue weighted by Crippen LogP contribution is -2.53. The first-order valence-corrected chi connectivity index (χ1v) is 10.8. The SMILES string of the molecule is CC(C)CC(O)C(=O)N1CCN(c2ccc(Cl)cc2Cl)[C@H](c2ccc(Cl)cc2)C1. The molecule has 4 nitrogen and oxygen atoms in total. The molecule has 1 fully saturated rings. The third kappa shape index (κ3) is 5.37. The van der Waals surface area contributed by atoms with E-state index in [1.54, 1.807) is 11.0 Å². The number of aliphatic hydroxyl groups excluding tert-OH is 1. The van der Waals surface area contributed by atoms with Crippen LogP contribution in [0.2, 0.25) is 15.1 Å². The first-order chi connectivity index (χ1) is 13.8. The first kappa shape index (κ1) is 22.2. The molecule has 1 heterocycles. The van der Waals surface area contributed by atoms with Crippen molar-refractivity contribution in [1.82, 2.24) is 4.90 Å². The standard InChI is InChI=1S/C22H25Cl3N2O2/c1-14(2)11-21(28)22(29)26-9-10-27(19-8-7-17(24)12-18(19)25)20(13-26)15-3-5-16(23)6-4-15/h3-8,12,14,20-21,28H,9-11,13H2,1-2H3/t20-,21?/m0/s1. The molecule has 1 unspecified atom stereocenters. The molecule has 0 radical (unpaired) electrons. The average Bonchev–Trinajstić information content (AvgIpc) is 2.67. The second-order valence-electron chi connectivity index (χ2n) is 7.79. The van der Waals surface area contributed by atoms with Gasteiger partial charge in [0.1, 0.15) is 6.10 Å². The summed E-state index contributed by atoms with van der Waals surface area (Å²) in [6.07, 6.45) is -0.528. The number of benzene rings is 2. The Morgan fingerprint density at radius 2 is 1.72 bits per heavy atom. The number of anilines is 1. The number of aliphatic hydroxyl groups is 1. The Morgan fingerprint density at radius 3 is 2.34 bits per heavy atom. The summed E-state index contributed by atoms with van der Waals surface area (Å²) in [4.78, 5) is 16.7. The van der Waals surface area contributed by atoms with Crippen LogP contribution in [-0.2, 0) is 4.79 Å². The zero-order chi connectivity index (χ0) is 21.1. The number of carbonyl (C=O) groups excluding carboxylic acids is 1. The molecule has 156 valence electrons. The first-order valence-electron chi connectivity index (χ1n) is 9.70. The summed E-state index contributed by atoms with van der Waals surface area (Å²) in [7, 11) is 0. The Morgan fingerprint density at radius 1 is 1.07 bits per heavy atom. The van der Waals surface area contributed by atoms with Gasteiger partial charge in [-0.3, -0.25) is 4.79 Å². The lowest BCUT2D eigenvalue weighted by atomic mass is 9.99. The maximum absolute atomic E-state index is 12.8. The average molecular weight is 456 g/mol. The van der Waals surface area contributed by atoms with E-state index >= 15 is 0 Å². The van der Waals surface area contributed by atoms with E-state index in [0.29, 0.717) is 41.1 Å². The highest BCUT2D eigenvalue weighted by atomic mass is 35.5. The minimum absolute atomic E-state index is 0.116. The number of halogens is 3. The van der Waals surface area contributed by atoms with E-state index in [0.717, 1.165) is 11.3 Å². The highest BCUT2D eigenvalue weighted by Gasteiger charge is 2.34. The predicted octanol–water partition coefficient (Wildman–Crippen LogP) is 5.44. The maximum Gasteiger partial charge on any atom is 0.251 e. The molecule has 29 heavy (non-hydrogen) atoms. The van der Waals surface area contributed by atoms with Crippen molar-refractivity contribution in [3.05, 3.63) is 63.1 Å². The fourth-order valence-corrected chi connectivity index (χ4v) is 4.36. The predicted molar refractivity (Wildman–Crippen MR) is 120 cm³/mol. The Balaban J connectivity index is 1.90. The van der Waals surface area contributed by atoms with Gasteiger partial charge in [0, 0.05) is 29.7 Å². The van der Waals surface area contributed by atoms with Crippen LogP contribution in [0.5, 0.6) is 0 Å². The van der Waals surface area contributed by atoms with Gasteiger partial charge in [-0.15, -0.1) is 0 Å². The van der Waals surface area contributed by atoms with Gasteiger partial charge in [0.05, 0.1) is 16.8 Å². The molecule has 0 aromatic heterocycles. The number of nitrogens with zero attached hydrogens (tertiary/aromatic N) is 2. The molecule has 0 spiro atoms. The lowest BCUT2D eigenvalue weighted by molar-refractivity contribution is -0.141. The van der Waals surface area contributed by atoms with Crippen LogP contribution < -0.4 is 4.90 Å². The Hall–Kier alpha value is -1.46. The quantitative estimate of drug-likeness (QED) is 0.652. The summed E-state index contributed by atoms with van der Waals surface area (Å²) < 4.78 is 0. The molecule has 1 N–H and O–H groups in total. The number of amides is 1. The van der Waals surface area contributed by atoms with E-state index < -0.39 is 6.10 Å². The molecular weight excluding hydrogens is 431 g/mol. The molecule has 2 atom stereocenters. The van der Waals surface area contributed by atoms with Crippen LogP contribution in [0.25, 0.3) is 0 Å². The van der Waals surface area contributed by atoms with Crippen molar-refractivity contribution in [2.75, 3.05) is 24.5 Å². The van der Waals surface area contributed by atoms with E-state index in [1.165, 1.54) is 0 Å². The second kappa shape index (κ2) is 9.57. The van der Waals surface area contributed by atoms with Crippen LogP contribution in [0, 0.1) is 5.92 Å². The van der Waals surface area contributed by atoms with Crippen molar-refractivity contribution in [3.8, 4) is 0 Å². The van der Waals surface area contributed by atoms with Crippen molar-refractivity contribution in [2.45, 2.75) is 32.4 Å². The number of piperazine rings is 1. The van der Waals surface area contributed by atoms with Gasteiger partial charge in [0.15, 0.2) is 0 Å². The van der Waals surface area contributed by atoms with E-state index in [-0.39, 0.29) is 17.9 Å². The highest BCUT2D eigenvalue weighted by molar-refractivity contribution is 6.36. The van der Waals surface area contributed by atoms with E-state index in [4.69, 9.17) is 34.8 Å². The molecule has 7 heteroatoms. The summed E-state index contributed by atoms with van der Waals surface area (Å²) in [5.41, 5.74) is 1.89. The second-order valence-corrected chi connectivity index (χ2v) is 9.07. The number of hydrogen-bond donors (Lipinski definition) is 1. The zero-order valence-corrected chi connectivity index (χ0v) is 18.8. The molecular formula is C22H25Cl3N2O2. The lowest BCUT2D eigenvalue weighted by Gasteiger charge is -2.44. The minimum Gasteiger partial charge on any atom is -0.383 e. The molecule has 1 saturated heterocycles. The molecule has 0 bridgehead atoms. The van der Waals surface area contributed by atoms with Crippen molar-refractivity contribution < 1.29 is 9.90 Å². The Labute approximate surface area is 187 Å². The topological polar surface area (TPSA) is 43.8 Å². The van der Waals surface area contributed by atoms with E-state index in [2.05, 4.69) is 4.90 Å². The molecule has 1 aliphatic rings. The third-order valence-electron chi connectivity index (χ3n) is 5.15. The fraction of sp³-hybridized carbons (Fsp3) is 0.409. The van der Waals surface area contributed by atoms with Gasteiger partial charge in [0.25, 0.3) is 5.91 Å². The summed E-state index contributed by atoms with van der Waals surface area (Å²) in [5, 5.41) is 12.1. The molecule has 2 aromatic carbocycles. The smallest absolute Gasteiger partial charge is 0.251 e. The van der Waals surface area contributed by atoms with Gasteiger partial charge in [0.2, 0.25) is 0 Å². The van der Waals surface area contributed by atoms with Gasteiger partial charge < -0.3 is 14.9 Å². The van der Waals surface area contributed by atoms with E-state index in [9.17, 15) is 9.90 Å². The van der Waals surface area contributed by atoms with Crippen molar-refractivity contribution in [3.63, 3.8) is 0 Å². The summed E-state index contributed by atoms with van der Waals surface area (Å²) >= 11 is 18.6. The van der Waals surface area contributed by atoms with Crippen LogP contribution in [-0.4, -0.2) is 41.7 Å². The van der Waals surface area contributed by atoms with Gasteiger partial charge in [-0.2, -0.15) is 0 Å².